The lowest BCUT2D eigenvalue weighted by atomic mass is 10.0. The number of unbranched alkanes of at least 4 members (excludes halogenated alkanes) is 49. The second kappa shape index (κ2) is 60.0. The quantitative estimate of drug-likeness (QED) is 0.0343. The van der Waals surface area contributed by atoms with Gasteiger partial charge in [0.15, 0.2) is 6.10 Å². The Morgan fingerprint density at radius 1 is 0.229 bits per heavy atom. The van der Waals surface area contributed by atoms with Gasteiger partial charge in [0, 0.05) is 19.3 Å². The third kappa shape index (κ3) is 57.3. The average Bonchev–Trinajstić information content (AvgIpc) is 3.36. The third-order valence-electron chi connectivity index (χ3n) is 14.9. The normalized spacial score (nSPS) is 11.9. The van der Waals surface area contributed by atoms with Crippen LogP contribution in [0.15, 0.2) is 0 Å². The second-order valence-electron chi connectivity index (χ2n) is 22.1. The van der Waals surface area contributed by atoms with Gasteiger partial charge in [0.25, 0.3) is 0 Å². The fourth-order valence-electron chi connectivity index (χ4n) is 10.0. The standard InChI is InChI=1S/C64H124O6/c1-4-7-10-13-16-19-22-25-27-29-31-32-33-34-36-37-39-42-45-48-51-54-57-63(66)69-60-61(59-68-62(65)56-53-50-47-44-41-24-21-18-15-12-9-6-3)70-64(67)58-55-52-49-46-43-40-38-35-30-28-26-23-20-17-14-11-8-5-2/h61H,4-60H2,1-3H3. The summed E-state index contributed by atoms with van der Waals surface area (Å²) in [5.41, 5.74) is 0. The maximum Gasteiger partial charge on any atom is 0.306 e. The zero-order valence-electron chi connectivity index (χ0n) is 47.8. The molecule has 6 nitrogen and oxygen atoms in total. The first-order chi connectivity index (χ1) is 34.5. The Morgan fingerprint density at radius 3 is 0.571 bits per heavy atom. The van der Waals surface area contributed by atoms with Gasteiger partial charge in [0.05, 0.1) is 0 Å². The summed E-state index contributed by atoms with van der Waals surface area (Å²) in [6, 6.07) is 0. The van der Waals surface area contributed by atoms with Gasteiger partial charge in [-0.05, 0) is 19.3 Å². The number of ether oxygens (including phenoxy) is 3. The van der Waals surface area contributed by atoms with E-state index in [1.807, 2.05) is 0 Å². The smallest absolute Gasteiger partial charge is 0.306 e. The molecule has 0 bridgehead atoms. The highest BCUT2D eigenvalue weighted by Gasteiger charge is 2.19. The Balaban J connectivity index is 4.21. The van der Waals surface area contributed by atoms with Crippen LogP contribution in [-0.2, 0) is 28.6 Å². The van der Waals surface area contributed by atoms with Crippen molar-refractivity contribution in [2.75, 3.05) is 13.2 Å². The van der Waals surface area contributed by atoms with Crippen LogP contribution in [-0.4, -0.2) is 37.2 Å². The van der Waals surface area contributed by atoms with Crippen LogP contribution >= 0.6 is 0 Å². The van der Waals surface area contributed by atoms with Crippen LogP contribution < -0.4 is 0 Å². The molecule has 6 heteroatoms. The lowest BCUT2D eigenvalue weighted by Crippen LogP contribution is -2.30. The van der Waals surface area contributed by atoms with E-state index in [4.69, 9.17) is 14.2 Å². The Morgan fingerprint density at radius 2 is 0.386 bits per heavy atom. The summed E-state index contributed by atoms with van der Waals surface area (Å²) in [5.74, 6) is -0.826. The van der Waals surface area contributed by atoms with Crippen LogP contribution in [0.4, 0.5) is 0 Å². The molecule has 0 rings (SSSR count). The molecular formula is C64H124O6. The van der Waals surface area contributed by atoms with Gasteiger partial charge >= 0.3 is 17.9 Å². The second-order valence-corrected chi connectivity index (χ2v) is 22.1. The average molecular weight is 990 g/mol. The maximum atomic E-state index is 12.9. The van der Waals surface area contributed by atoms with Crippen molar-refractivity contribution in [2.24, 2.45) is 0 Å². The van der Waals surface area contributed by atoms with Gasteiger partial charge in [-0.1, -0.05) is 335 Å². The zero-order valence-corrected chi connectivity index (χ0v) is 47.8. The van der Waals surface area contributed by atoms with Crippen molar-refractivity contribution in [1.82, 2.24) is 0 Å². The fourth-order valence-corrected chi connectivity index (χ4v) is 10.0. The van der Waals surface area contributed by atoms with Crippen LogP contribution in [0.2, 0.25) is 0 Å². The molecule has 0 N–H and O–H groups in total. The van der Waals surface area contributed by atoms with Crippen molar-refractivity contribution in [1.29, 1.82) is 0 Å². The summed E-state index contributed by atoms with van der Waals surface area (Å²) in [4.78, 5) is 38.2. The van der Waals surface area contributed by atoms with Gasteiger partial charge in [-0.25, -0.2) is 0 Å². The molecule has 0 aliphatic carbocycles. The first-order valence-electron chi connectivity index (χ1n) is 32.0. The molecule has 0 spiro atoms. The molecule has 0 aliphatic heterocycles. The van der Waals surface area contributed by atoms with Gasteiger partial charge in [-0.2, -0.15) is 0 Å². The molecule has 0 fully saturated rings. The summed E-state index contributed by atoms with van der Waals surface area (Å²) in [7, 11) is 0. The molecule has 0 radical (unpaired) electrons. The summed E-state index contributed by atoms with van der Waals surface area (Å²) in [5, 5.41) is 0. The molecule has 0 aromatic carbocycles. The predicted octanol–water partition coefficient (Wildman–Crippen LogP) is 21.5. The first kappa shape index (κ1) is 68.4. The van der Waals surface area contributed by atoms with Crippen LogP contribution in [0, 0.1) is 0 Å². The first-order valence-corrected chi connectivity index (χ1v) is 32.0. The topological polar surface area (TPSA) is 78.9 Å². The van der Waals surface area contributed by atoms with Crippen molar-refractivity contribution in [3.8, 4) is 0 Å². The van der Waals surface area contributed by atoms with E-state index in [0.29, 0.717) is 19.3 Å². The van der Waals surface area contributed by atoms with E-state index in [-0.39, 0.29) is 31.1 Å². The van der Waals surface area contributed by atoms with E-state index in [2.05, 4.69) is 20.8 Å². The van der Waals surface area contributed by atoms with E-state index in [0.717, 1.165) is 57.8 Å². The van der Waals surface area contributed by atoms with Crippen LogP contribution in [0.1, 0.15) is 374 Å². The highest BCUT2D eigenvalue weighted by molar-refractivity contribution is 5.71. The van der Waals surface area contributed by atoms with Crippen LogP contribution in [0.3, 0.4) is 0 Å². The highest BCUT2D eigenvalue weighted by atomic mass is 16.6. The summed E-state index contributed by atoms with van der Waals surface area (Å²) in [6.45, 7) is 6.72. The number of esters is 3. The fraction of sp³-hybridized carbons (Fsp3) is 0.953. The lowest BCUT2D eigenvalue weighted by Gasteiger charge is -2.18. The van der Waals surface area contributed by atoms with E-state index in [9.17, 15) is 14.4 Å². The molecular weight excluding hydrogens is 865 g/mol. The van der Waals surface area contributed by atoms with Crippen molar-refractivity contribution in [3.05, 3.63) is 0 Å². The molecule has 0 saturated carbocycles. The van der Waals surface area contributed by atoms with Gasteiger partial charge < -0.3 is 14.2 Å². The van der Waals surface area contributed by atoms with Crippen molar-refractivity contribution in [2.45, 2.75) is 380 Å². The van der Waals surface area contributed by atoms with Crippen molar-refractivity contribution in [3.63, 3.8) is 0 Å². The third-order valence-corrected chi connectivity index (χ3v) is 14.9. The number of rotatable bonds is 60. The minimum Gasteiger partial charge on any atom is -0.462 e. The van der Waals surface area contributed by atoms with Gasteiger partial charge in [0.1, 0.15) is 13.2 Å². The minimum absolute atomic E-state index is 0.0606. The molecule has 0 heterocycles. The Kier molecular flexibility index (Phi) is 58.6. The molecule has 416 valence electrons. The molecule has 0 aromatic rings. The highest BCUT2D eigenvalue weighted by Crippen LogP contribution is 2.19. The Bertz CT molecular complexity index is 1040. The Labute approximate surface area is 438 Å². The molecule has 1 unspecified atom stereocenters. The monoisotopic (exact) mass is 989 g/mol. The number of hydrogen-bond donors (Lipinski definition) is 0. The van der Waals surface area contributed by atoms with E-state index in [1.165, 1.54) is 276 Å². The van der Waals surface area contributed by atoms with Gasteiger partial charge in [-0.15, -0.1) is 0 Å². The molecule has 0 aromatic heterocycles. The summed E-state index contributed by atoms with van der Waals surface area (Å²) in [6.07, 6.45) is 68.3. The van der Waals surface area contributed by atoms with Crippen LogP contribution in [0.5, 0.6) is 0 Å². The molecule has 0 amide bonds. The van der Waals surface area contributed by atoms with Crippen molar-refractivity contribution >= 4 is 17.9 Å². The van der Waals surface area contributed by atoms with Gasteiger partial charge in [-0.3, -0.25) is 14.4 Å². The molecule has 70 heavy (non-hydrogen) atoms. The predicted molar refractivity (Wildman–Crippen MR) is 303 cm³/mol. The number of hydrogen-bond acceptors (Lipinski definition) is 6. The number of carbonyl (C=O) groups is 3. The largest absolute Gasteiger partial charge is 0.462 e. The zero-order chi connectivity index (χ0) is 50.7. The van der Waals surface area contributed by atoms with Crippen molar-refractivity contribution < 1.29 is 28.6 Å². The Hall–Kier alpha value is -1.59. The van der Waals surface area contributed by atoms with E-state index >= 15 is 0 Å². The van der Waals surface area contributed by atoms with Crippen LogP contribution in [0.25, 0.3) is 0 Å². The van der Waals surface area contributed by atoms with Gasteiger partial charge in [0.2, 0.25) is 0 Å². The van der Waals surface area contributed by atoms with E-state index in [1.54, 1.807) is 0 Å². The maximum absolute atomic E-state index is 12.9. The molecule has 1 atom stereocenters. The summed E-state index contributed by atoms with van der Waals surface area (Å²) < 4.78 is 16.9. The van der Waals surface area contributed by atoms with E-state index < -0.39 is 6.10 Å². The lowest BCUT2D eigenvalue weighted by molar-refractivity contribution is -0.167. The number of carbonyl (C=O) groups excluding carboxylic acids is 3. The minimum atomic E-state index is -0.762. The molecule has 0 aliphatic rings. The molecule has 0 saturated heterocycles. The SMILES string of the molecule is CCCCCCCCCCCCCCCCCCCCCCCCC(=O)OCC(COC(=O)CCCCCCCCCCCCCC)OC(=O)CCCCCCCCCCCCCCCCCCCC. The summed E-state index contributed by atoms with van der Waals surface area (Å²) >= 11 is 0.